The maximum Gasteiger partial charge on any atom is 0.337 e. The summed E-state index contributed by atoms with van der Waals surface area (Å²) >= 11 is 6.65. The van der Waals surface area contributed by atoms with E-state index in [1.54, 1.807) is 37.5 Å². The molecule has 0 aromatic heterocycles. The molecule has 2 aromatic rings. The van der Waals surface area contributed by atoms with E-state index in [4.69, 9.17) is 26.4 Å². The molecule has 1 saturated heterocycles. The molecule has 1 fully saturated rings. The molecule has 1 amide bonds. The van der Waals surface area contributed by atoms with Crippen LogP contribution in [0.15, 0.2) is 47.4 Å². The fourth-order valence-corrected chi connectivity index (χ4v) is 4.22. The first-order valence-corrected chi connectivity index (χ1v) is 11.0. The topological polar surface area (TPSA) is 65.1 Å². The van der Waals surface area contributed by atoms with E-state index in [0.717, 1.165) is 18.4 Å². The van der Waals surface area contributed by atoms with E-state index < -0.39 is 5.97 Å². The van der Waals surface area contributed by atoms with Crippen molar-refractivity contribution in [3.8, 4) is 11.5 Å². The second-order valence-electron chi connectivity index (χ2n) is 6.67. The van der Waals surface area contributed by atoms with Gasteiger partial charge in [0, 0.05) is 0 Å². The zero-order chi connectivity index (χ0) is 22.4. The number of hydrogen-bond acceptors (Lipinski definition) is 7. The first kappa shape index (κ1) is 22.8. The molecule has 3 rings (SSSR count). The Bertz CT molecular complexity index is 1020. The van der Waals surface area contributed by atoms with E-state index in [2.05, 4.69) is 6.92 Å². The lowest BCUT2D eigenvalue weighted by Crippen LogP contribution is -2.27. The number of methoxy groups -OCH3 is 2. The summed E-state index contributed by atoms with van der Waals surface area (Å²) in [6.45, 7) is 2.73. The molecule has 1 aliphatic rings. The van der Waals surface area contributed by atoms with Gasteiger partial charge in [-0.25, -0.2) is 4.79 Å². The number of thioether (sulfide) groups is 1. The van der Waals surface area contributed by atoms with Crippen LogP contribution in [0, 0.1) is 0 Å². The van der Waals surface area contributed by atoms with Gasteiger partial charge in [0.15, 0.2) is 15.8 Å². The zero-order valence-corrected chi connectivity index (χ0v) is 19.2. The highest BCUT2D eigenvalue weighted by Crippen LogP contribution is 2.37. The second-order valence-corrected chi connectivity index (χ2v) is 8.34. The summed E-state index contributed by atoms with van der Waals surface area (Å²) in [6.07, 6.45) is 3.79. The predicted octanol–water partition coefficient (Wildman–Crippen LogP) is 5.07. The third-order valence-electron chi connectivity index (χ3n) is 4.58. The lowest BCUT2D eigenvalue weighted by Gasteiger charge is -2.14. The Hall–Kier alpha value is -2.84. The molecule has 0 bridgehead atoms. The number of esters is 1. The molecule has 2 aromatic carbocycles. The first-order valence-electron chi connectivity index (χ1n) is 9.75. The third kappa shape index (κ3) is 5.26. The van der Waals surface area contributed by atoms with Crippen LogP contribution >= 0.6 is 24.0 Å². The molecule has 0 radical (unpaired) electrons. The van der Waals surface area contributed by atoms with Crippen LogP contribution in [0.3, 0.4) is 0 Å². The van der Waals surface area contributed by atoms with Gasteiger partial charge in [-0.2, -0.15) is 0 Å². The van der Waals surface area contributed by atoms with Gasteiger partial charge in [0.2, 0.25) is 0 Å². The molecule has 162 valence electrons. The number of carbonyl (C=O) groups excluding carboxylic acids is 2. The molecule has 0 aliphatic carbocycles. The Morgan fingerprint density at radius 1 is 1.13 bits per heavy atom. The average molecular weight is 458 g/mol. The van der Waals surface area contributed by atoms with Crippen LogP contribution < -0.4 is 14.4 Å². The number of rotatable bonds is 8. The minimum atomic E-state index is -0.437. The summed E-state index contributed by atoms with van der Waals surface area (Å²) in [5, 5.41) is 0. The number of nitrogens with zero attached hydrogens (tertiary/aromatic N) is 1. The molecule has 0 atom stereocenters. The second kappa shape index (κ2) is 10.5. The molecule has 8 heteroatoms. The average Bonchev–Trinajstić information content (AvgIpc) is 3.06. The van der Waals surface area contributed by atoms with Crippen molar-refractivity contribution in [1.29, 1.82) is 0 Å². The van der Waals surface area contributed by atoms with E-state index in [0.29, 0.717) is 38.6 Å². The fourth-order valence-electron chi connectivity index (χ4n) is 2.93. The van der Waals surface area contributed by atoms with Gasteiger partial charge in [-0.05, 0) is 54.5 Å². The van der Waals surface area contributed by atoms with E-state index in [-0.39, 0.29) is 5.91 Å². The van der Waals surface area contributed by atoms with Gasteiger partial charge in [-0.3, -0.25) is 9.69 Å². The van der Waals surface area contributed by atoms with E-state index in [9.17, 15) is 9.59 Å². The first-order chi connectivity index (χ1) is 15.0. The Kier molecular flexibility index (Phi) is 7.70. The van der Waals surface area contributed by atoms with Crippen molar-refractivity contribution in [3.05, 3.63) is 58.5 Å². The number of benzene rings is 2. The van der Waals surface area contributed by atoms with Crippen molar-refractivity contribution in [1.82, 2.24) is 0 Å². The standard InChI is InChI=1S/C23H23NO5S2/c1-4-5-12-29-18-11-6-15(13-19(18)27-2)14-20-21(25)24(23(30)31-20)17-9-7-16(8-10-17)22(26)28-3/h6-11,13-14H,4-5,12H2,1-3H3. The maximum absolute atomic E-state index is 13.0. The largest absolute Gasteiger partial charge is 0.493 e. The van der Waals surface area contributed by atoms with Crippen LogP contribution in [-0.4, -0.2) is 37.0 Å². The quantitative estimate of drug-likeness (QED) is 0.237. The molecule has 1 aliphatic heterocycles. The van der Waals surface area contributed by atoms with Gasteiger partial charge in [0.05, 0.1) is 37.0 Å². The summed E-state index contributed by atoms with van der Waals surface area (Å²) in [6, 6.07) is 12.1. The molecule has 0 spiro atoms. The van der Waals surface area contributed by atoms with Gasteiger partial charge >= 0.3 is 5.97 Å². The van der Waals surface area contributed by atoms with Crippen molar-refractivity contribution < 1.29 is 23.8 Å². The van der Waals surface area contributed by atoms with Crippen LogP contribution in [0.5, 0.6) is 11.5 Å². The monoisotopic (exact) mass is 457 g/mol. The molecular formula is C23H23NO5S2. The van der Waals surface area contributed by atoms with E-state index >= 15 is 0 Å². The molecular weight excluding hydrogens is 434 g/mol. The number of carbonyl (C=O) groups is 2. The van der Waals surface area contributed by atoms with E-state index in [1.165, 1.54) is 23.8 Å². The third-order valence-corrected chi connectivity index (χ3v) is 5.88. The highest BCUT2D eigenvalue weighted by Gasteiger charge is 2.33. The summed E-state index contributed by atoms with van der Waals surface area (Å²) in [4.78, 5) is 26.6. The summed E-state index contributed by atoms with van der Waals surface area (Å²) in [5.74, 6) is 0.626. The van der Waals surface area contributed by atoms with Crippen LogP contribution in [0.25, 0.3) is 6.08 Å². The van der Waals surface area contributed by atoms with Crippen molar-refractivity contribution in [2.45, 2.75) is 19.8 Å². The number of amides is 1. The zero-order valence-electron chi connectivity index (χ0n) is 17.5. The van der Waals surface area contributed by atoms with Crippen molar-refractivity contribution >= 4 is 51.9 Å². The van der Waals surface area contributed by atoms with E-state index in [1.807, 2.05) is 18.2 Å². The Labute approximate surface area is 191 Å². The highest BCUT2D eigenvalue weighted by molar-refractivity contribution is 8.27. The van der Waals surface area contributed by atoms with Crippen molar-refractivity contribution in [3.63, 3.8) is 0 Å². The van der Waals surface area contributed by atoms with Gasteiger partial charge in [-0.15, -0.1) is 0 Å². The molecule has 31 heavy (non-hydrogen) atoms. The van der Waals surface area contributed by atoms with Gasteiger partial charge < -0.3 is 14.2 Å². The Balaban J connectivity index is 1.80. The Morgan fingerprint density at radius 3 is 2.52 bits per heavy atom. The summed E-state index contributed by atoms with van der Waals surface area (Å²) < 4.78 is 16.3. The number of ether oxygens (including phenoxy) is 3. The fraction of sp³-hybridized carbons (Fsp3) is 0.261. The summed E-state index contributed by atoms with van der Waals surface area (Å²) in [5.41, 5.74) is 1.80. The van der Waals surface area contributed by atoms with Crippen LogP contribution in [-0.2, 0) is 9.53 Å². The van der Waals surface area contributed by atoms with Crippen LogP contribution in [0.1, 0.15) is 35.7 Å². The number of anilines is 1. The van der Waals surface area contributed by atoms with Crippen LogP contribution in [0.2, 0.25) is 0 Å². The van der Waals surface area contributed by atoms with Crippen molar-refractivity contribution in [2.75, 3.05) is 25.7 Å². The van der Waals surface area contributed by atoms with Gasteiger partial charge in [0.25, 0.3) is 5.91 Å². The molecule has 1 heterocycles. The van der Waals surface area contributed by atoms with Gasteiger partial charge in [0.1, 0.15) is 0 Å². The molecule has 0 saturated carbocycles. The van der Waals surface area contributed by atoms with Crippen molar-refractivity contribution in [2.24, 2.45) is 0 Å². The molecule has 0 N–H and O–H groups in total. The molecule has 6 nitrogen and oxygen atoms in total. The normalized spacial score (nSPS) is 14.8. The molecule has 0 unspecified atom stereocenters. The van der Waals surface area contributed by atoms with Crippen LogP contribution in [0.4, 0.5) is 5.69 Å². The number of thiocarbonyl (C=S) groups is 1. The minimum absolute atomic E-state index is 0.219. The minimum Gasteiger partial charge on any atom is -0.493 e. The smallest absolute Gasteiger partial charge is 0.337 e. The Morgan fingerprint density at radius 2 is 1.87 bits per heavy atom. The number of unbranched alkanes of at least 4 members (excludes halogenated alkanes) is 1. The highest BCUT2D eigenvalue weighted by atomic mass is 32.2. The number of hydrogen-bond donors (Lipinski definition) is 0. The lowest BCUT2D eigenvalue weighted by molar-refractivity contribution is -0.113. The predicted molar refractivity (Wildman–Crippen MR) is 127 cm³/mol. The maximum atomic E-state index is 13.0. The SMILES string of the molecule is CCCCOc1ccc(C=C2SC(=S)N(c3ccc(C(=O)OC)cc3)C2=O)cc1OC. The lowest BCUT2D eigenvalue weighted by atomic mass is 10.1. The van der Waals surface area contributed by atoms with Gasteiger partial charge in [-0.1, -0.05) is 43.4 Å². The summed E-state index contributed by atoms with van der Waals surface area (Å²) in [7, 11) is 2.91.